The van der Waals surface area contributed by atoms with Gasteiger partial charge in [-0.15, -0.1) is 0 Å². The molecule has 1 aliphatic heterocycles. The molecule has 1 aromatic carbocycles. The van der Waals surface area contributed by atoms with Crippen molar-refractivity contribution < 1.29 is 24.2 Å². The van der Waals surface area contributed by atoms with Gasteiger partial charge in [-0.3, -0.25) is 4.90 Å². The molecule has 158 valence electrons. The van der Waals surface area contributed by atoms with Crippen LogP contribution in [0.5, 0.6) is 0 Å². The predicted octanol–water partition coefficient (Wildman–Crippen LogP) is 3.39. The molecular weight excluding hydrogens is 374 g/mol. The van der Waals surface area contributed by atoms with E-state index in [4.69, 9.17) is 9.16 Å². The minimum Gasteiger partial charge on any atom is -0.445 e. The van der Waals surface area contributed by atoms with E-state index in [1.807, 2.05) is 37.3 Å². The SMILES string of the molecule is C[C@H]1[C@@H](O[Si](C)(C)C(C)(C)C)CN(C(=O)OCc2ccccc2)[C@@H]1C(O)CO. The minimum absolute atomic E-state index is 0.0407. The molecule has 0 aliphatic carbocycles. The highest BCUT2D eigenvalue weighted by Crippen LogP contribution is 2.40. The van der Waals surface area contributed by atoms with Crippen molar-refractivity contribution in [1.29, 1.82) is 0 Å². The molecular formula is C21H35NO5Si. The molecule has 28 heavy (non-hydrogen) atoms. The van der Waals surface area contributed by atoms with Crippen molar-refractivity contribution >= 4 is 14.4 Å². The van der Waals surface area contributed by atoms with Crippen LogP contribution in [0.1, 0.15) is 33.3 Å². The number of aliphatic hydroxyl groups is 2. The first-order chi connectivity index (χ1) is 13.0. The Hall–Kier alpha value is -1.41. The van der Waals surface area contributed by atoms with Gasteiger partial charge in [0, 0.05) is 12.5 Å². The Morgan fingerprint density at radius 1 is 1.29 bits per heavy atom. The number of hydrogen-bond acceptors (Lipinski definition) is 5. The highest BCUT2D eigenvalue weighted by molar-refractivity contribution is 6.74. The first-order valence-corrected chi connectivity index (χ1v) is 12.8. The van der Waals surface area contributed by atoms with E-state index in [2.05, 4.69) is 33.9 Å². The second-order valence-electron chi connectivity index (χ2n) is 9.21. The highest BCUT2D eigenvalue weighted by atomic mass is 28.4. The van der Waals surface area contributed by atoms with Crippen LogP contribution < -0.4 is 0 Å². The van der Waals surface area contributed by atoms with Gasteiger partial charge in [-0.05, 0) is 23.7 Å². The molecule has 2 N–H and O–H groups in total. The number of carbonyl (C=O) groups excluding carboxylic acids is 1. The fourth-order valence-corrected chi connectivity index (χ4v) is 4.75. The van der Waals surface area contributed by atoms with Crippen molar-refractivity contribution in [2.75, 3.05) is 13.2 Å². The fourth-order valence-electron chi connectivity index (χ4n) is 3.35. The van der Waals surface area contributed by atoms with E-state index in [-0.39, 0.29) is 23.7 Å². The molecule has 1 saturated heterocycles. The zero-order chi connectivity index (χ0) is 21.1. The quantitative estimate of drug-likeness (QED) is 0.704. The van der Waals surface area contributed by atoms with Crippen LogP contribution in [0, 0.1) is 5.92 Å². The summed E-state index contributed by atoms with van der Waals surface area (Å²) >= 11 is 0. The number of hydrogen-bond donors (Lipinski definition) is 2. The van der Waals surface area contributed by atoms with Crippen LogP contribution in [0.15, 0.2) is 30.3 Å². The topological polar surface area (TPSA) is 79.2 Å². The summed E-state index contributed by atoms with van der Waals surface area (Å²) in [5, 5.41) is 19.9. The zero-order valence-electron chi connectivity index (χ0n) is 17.9. The van der Waals surface area contributed by atoms with Crippen LogP contribution in [-0.2, 0) is 15.8 Å². The number of nitrogens with zero attached hydrogens (tertiary/aromatic N) is 1. The molecule has 1 fully saturated rings. The van der Waals surface area contributed by atoms with E-state index in [1.54, 1.807) is 0 Å². The Morgan fingerprint density at radius 3 is 2.43 bits per heavy atom. The van der Waals surface area contributed by atoms with Gasteiger partial charge in [0.2, 0.25) is 0 Å². The summed E-state index contributed by atoms with van der Waals surface area (Å²) in [7, 11) is -2.04. The van der Waals surface area contributed by atoms with Crippen LogP contribution in [0.3, 0.4) is 0 Å². The molecule has 0 aromatic heterocycles. The highest BCUT2D eigenvalue weighted by Gasteiger charge is 2.49. The normalized spacial score (nSPS) is 24.3. The average molecular weight is 410 g/mol. The molecule has 1 unspecified atom stereocenters. The Kier molecular flexibility index (Phi) is 7.31. The molecule has 0 bridgehead atoms. The molecule has 1 aliphatic rings. The number of rotatable bonds is 6. The Labute approximate surface area is 169 Å². The van der Waals surface area contributed by atoms with Gasteiger partial charge in [-0.1, -0.05) is 58.0 Å². The fraction of sp³-hybridized carbons (Fsp3) is 0.667. The summed E-state index contributed by atoms with van der Waals surface area (Å²) in [6.07, 6.45) is -1.72. The molecule has 0 radical (unpaired) electrons. The first kappa shape index (κ1) is 22.9. The second-order valence-corrected chi connectivity index (χ2v) is 14.0. The van der Waals surface area contributed by atoms with Gasteiger partial charge in [0.1, 0.15) is 6.61 Å². The third kappa shape index (κ3) is 5.14. The molecule has 7 heteroatoms. The standard InChI is InChI=1S/C21H35NO5Si/c1-15-18(27-28(5,6)21(2,3)4)12-22(19(15)17(24)13-23)20(25)26-14-16-10-8-7-9-11-16/h7-11,15,17-19,23-24H,12-14H2,1-6H3/t15-,17?,18-,19-/m0/s1. The van der Waals surface area contributed by atoms with Gasteiger partial charge in [0.25, 0.3) is 0 Å². The zero-order valence-corrected chi connectivity index (χ0v) is 18.9. The summed E-state index contributed by atoms with van der Waals surface area (Å²) in [6.45, 7) is 12.9. The van der Waals surface area contributed by atoms with Gasteiger partial charge in [-0.2, -0.15) is 0 Å². The lowest BCUT2D eigenvalue weighted by atomic mass is 9.96. The summed E-state index contributed by atoms with van der Waals surface area (Å²) in [5.74, 6) is -0.111. The molecule has 4 atom stereocenters. The molecule has 0 spiro atoms. The van der Waals surface area contributed by atoms with E-state index < -0.39 is 33.2 Å². The van der Waals surface area contributed by atoms with E-state index in [0.29, 0.717) is 6.54 Å². The lowest BCUT2D eigenvalue weighted by Gasteiger charge is -2.39. The van der Waals surface area contributed by atoms with Crippen molar-refractivity contribution in [1.82, 2.24) is 4.90 Å². The molecule has 1 aromatic rings. The maximum atomic E-state index is 12.8. The van der Waals surface area contributed by atoms with Crippen molar-refractivity contribution in [3.05, 3.63) is 35.9 Å². The predicted molar refractivity (Wildman–Crippen MR) is 111 cm³/mol. The first-order valence-electron chi connectivity index (χ1n) is 9.92. The second kappa shape index (κ2) is 8.94. The van der Waals surface area contributed by atoms with Gasteiger partial charge < -0.3 is 19.4 Å². The van der Waals surface area contributed by atoms with Gasteiger partial charge >= 0.3 is 6.09 Å². The number of aliphatic hydroxyl groups excluding tert-OH is 2. The lowest BCUT2D eigenvalue weighted by Crippen LogP contribution is -2.47. The Morgan fingerprint density at radius 2 is 1.89 bits per heavy atom. The van der Waals surface area contributed by atoms with E-state index >= 15 is 0 Å². The minimum atomic E-state index is -2.04. The van der Waals surface area contributed by atoms with Crippen LogP contribution >= 0.6 is 0 Å². The number of benzene rings is 1. The number of carbonyl (C=O) groups is 1. The maximum absolute atomic E-state index is 12.8. The number of amides is 1. The number of likely N-dealkylation sites (tertiary alicyclic amines) is 1. The van der Waals surface area contributed by atoms with Crippen molar-refractivity contribution in [2.24, 2.45) is 5.92 Å². The average Bonchev–Trinajstić information content (AvgIpc) is 2.95. The van der Waals surface area contributed by atoms with Crippen LogP contribution in [0.25, 0.3) is 0 Å². The van der Waals surface area contributed by atoms with E-state index in [9.17, 15) is 15.0 Å². The third-order valence-electron chi connectivity index (χ3n) is 6.13. The van der Waals surface area contributed by atoms with Gasteiger partial charge in [0.15, 0.2) is 8.32 Å². The largest absolute Gasteiger partial charge is 0.445 e. The summed E-state index contributed by atoms with van der Waals surface area (Å²) in [5.41, 5.74) is 0.899. The van der Waals surface area contributed by atoms with Crippen LogP contribution in [0.2, 0.25) is 18.1 Å². The molecule has 0 saturated carbocycles. The summed E-state index contributed by atoms with van der Waals surface area (Å²) in [6, 6.07) is 8.93. The van der Waals surface area contributed by atoms with Gasteiger partial charge in [0.05, 0.1) is 24.9 Å². The Balaban J connectivity index is 2.13. The van der Waals surface area contributed by atoms with Crippen molar-refractivity contribution in [3.63, 3.8) is 0 Å². The Bertz CT molecular complexity index is 646. The van der Waals surface area contributed by atoms with E-state index in [1.165, 1.54) is 4.90 Å². The summed E-state index contributed by atoms with van der Waals surface area (Å²) in [4.78, 5) is 14.3. The van der Waals surface area contributed by atoms with Gasteiger partial charge in [-0.25, -0.2) is 4.79 Å². The van der Waals surface area contributed by atoms with Crippen LogP contribution in [-0.4, -0.2) is 60.9 Å². The molecule has 1 amide bonds. The molecule has 1 heterocycles. The maximum Gasteiger partial charge on any atom is 0.410 e. The molecule has 2 rings (SSSR count). The molecule has 6 nitrogen and oxygen atoms in total. The monoisotopic (exact) mass is 409 g/mol. The lowest BCUT2D eigenvalue weighted by molar-refractivity contribution is 0.00769. The van der Waals surface area contributed by atoms with Crippen molar-refractivity contribution in [2.45, 2.75) is 70.7 Å². The summed E-state index contributed by atoms with van der Waals surface area (Å²) < 4.78 is 12.0. The third-order valence-corrected chi connectivity index (χ3v) is 10.6. The smallest absolute Gasteiger partial charge is 0.410 e. The van der Waals surface area contributed by atoms with E-state index in [0.717, 1.165) is 5.56 Å². The van der Waals surface area contributed by atoms with Crippen LogP contribution in [0.4, 0.5) is 4.79 Å². The van der Waals surface area contributed by atoms with Crippen molar-refractivity contribution in [3.8, 4) is 0 Å². The number of ether oxygens (including phenoxy) is 1.